The quantitative estimate of drug-likeness (QED) is 0.687. The number of ether oxygens (including phenoxy) is 2. The van der Waals surface area contributed by atoms with Crippen LogP contribution >= 0.6 is 0 Å². The summed E-state index contributed by atoms with van der Waals surface area (Å²) in [6.45, 7) is 1.83. The first-order chi connectivity index (χ1) is 13.5. The number of amides is 1. The first-order valence-corrected chi connectivity index (χ1v) is 8.85. The van der Waals surface area contributed by atoms with Gasteiger partial charge in [-0.3, -0.25) is 9.59 Å². The van der Waals surface area contributed by atoms with Gasteiger partial charge in [-0.25, -0.2) is 0 Å². The number of methoxy groups -OCH3 is 2. The number of pyridine rings is 1. The van der Waals surface area contributed by atoms with E-state index in [0.717, 1.165) is 11.1 Å². The molecule has 144 valence electrons. The molecule has 2 N–H and O–H groups in total. The number of rotatable bonds is 6. The molecule has 0 aliphatic heterocycles. The van der Waals surface area contributed by atoms with Crippen LogP contribution in [-0.2, 0) is 0 Å². The van der Waals surface area contributed by atoms with Gasteiger partial charge in [0.05, 0.1) is 20.3 Å². The minimum Gasteiger partial charge on any atom is -0.497 e. The van der Waals surface area contributed by atoms with Crippen molar-refractivity contribution in [2.45, 2.75) is 13.0 Å². The molecule has 3 aromatic rings. The number of nitrogens with one attached hydrogen (secondary N) is 2. The molecule has 28 heavy (non-hydrogen) atoms. The molecule has 1 atom stereocenters. The Balaban J connectivity index is 1.80. The van der Waals surface area contributed by atoms with E-state index in [0.29, 0.717) is 17.2 Å². The molecule has 0 radical (unpaired) electrons. The Morgan fingerprint density at radius 1 is 1.00 bits per heavy atom. The summed E-state index contributed by atoms with van der Waals surface area (Å²) in [6.07, 6.45) is 0. The summed E-state index contributed by atoms with van der Waals surface area (Å²) in [5.74, 6) is 0.804. The highest BCUT2D eigenvalue weighted by Crippen LogP contribution is 2.29. The fourth-order valence-electron chi connectivity index (χ4n) is 2.97. The predicted octanol–water partition coefficient (Wildman–Crippen LogP) is 3.55. The second-order valence-electron chi connectivity index (χ2n) is 6.28. The monoisotopic (exact) mass is 378 g/mol. The van der Waals surface area contributed by atoms with Crippen LogP contribution in [0.3, 0.4) is 0 Å². The van der Waals surface area contributed by atoms with Crippen LogP contribution in [-0.4, -0.2) is 25.1 Å². The molecule has 3 rings (SSSR count). The maximum atomic E-state index is 12.6. The smallest absolute Gasteiger partial charge is 0.261 e. The van der Waals surface area contributed by atoms with Gasteiger partial charge in [0.25, 0.3) is 11.5 Å². The number of carbonyl (C=O) groups excluding carboxylic acids is 1. The summed E-state index contributed by atoms with van der Waals surface area (Å²) in [7, 11) is 3.13. The van der Waals surface area contributed by atoms with E-state index >= 15 is 0 Å². The standard InChI is InChI=1S/C22H22N2O4/c1-14(17-10-9-16(27-2)13-20(17)28-3)23-21(25)18-11-12-19(24-22(18)26)15-7-5-4-6-8-15/h4-14H,1-3H3,(H,23,25)(H,24,26)/t14-/m1/s1. The van der Waals surface area contributed by atoms with Gasteiger partial charge in [-0.1, -0.05) is 30.3 Å². The van der Waals surface area contributed by atoms with Crippen molar-refractivity contribution in [2.75, 3.05) is 14.2 Å². The van der Waals surface area contributed by atoms with Gasteiger partial charge in [0.1, 0.15) is 17.1 Å². The molecule has 0 spiro atoms. The molecule has 6 nitrogen and oxygen atoms in total. The van der Waals surface area contributed by atoms with E-state index in [2.05, 4.69) is 10.3 Å². The third kappa shape index (κ3) is 4.06. The van der Waals surface area contributed by atoms with Crippen molar-refractivity contribution in [2.24, 2.45) is 0 Å². The molecule has 0 aliphatic carbocycles. The van der Waals surface area contributed by atoms with E-state index in [1.54, 1.807) is 32.4 Å². The molecule has 0 unspecified atom stereocenters. The number of carbonyl (C=O) groups is 1. The fraction of sp³-hybridized carbons (Fsp3) is 0.182. The van der Waals surface area contributed by atoms with E-state index in [-0.39, 0.29) is 11.6 Å². The van der Waals surface area contributed by atoms with Gasteiger partial charge < -0.3 is 19.8 Å². The molecule has 0 saturated carbocycles. The minimum absolute atomic E-state index is 0.0546. The second kappa shape index (κ2) is 8.43. The molecule has 6 heteroatoms. The lowest BCUT2D eigenvalue weighted by Gasteiger charge is -2.18. The molecule has 1 aromatic heterocycles. The number of benzene rings is 2. The van der Waals surface area contributed by atoms with Crippen molar-refractivity contribution in [3.8, 4) is 22.8 Å². The Bertz CT molecular complexity index is 1030. The summed E-state index contributed by atoms with van der Waals surface area (Å²) < 4.78 is 10.6. The van der Waals surface area contributed by atoms with Crippen LogP contribution in [0, 0.1) is 0 Å². The molecule has 0 saturated heterocycles. The first-order valence-electron chi connectivity index (χ1n) is 8.85. The largest absolute Gasteiger partial charge is 0.497 e. The zero-order valence-corrected chi connectivity index (χ0v) is 16.0. The fourth-order valence-corrected chi connectivity index (χ4v) is 2.97. The van der Waals surface area contributed by atoms with Crippen LogP contribution in [0.25, 0.3) is 11.3 Å². The maximum Gasteiger partial charge on any atom is 0.261 e. The summed E-state index contributed by atoms with van der Waals surface area (Å²) in [4.78, 5) is 27.8. The van der Waals surface area contributed by atoms with Crippen LogP contribution in [0.5, 0.6) is 11.5 Å². The van der Waals surface area contributed by atoms with Gasteiger partial charge in [0.15, 0.2) is 0 Å². The van der Waals surface area contributed by atoms with E-state index in [4.69, 9.17) is 9.47 Å². The zero-order valence-electron chi connectivity index (χ0n) is 16.0. The molecule has 1 heterocycles. The maximum absolute atomic E-state index is 12.6. The lowest BCUT2D eigenvalue weighted by molar-refractivity contribution is 0.0938. The molecular weight excluding hydrogens is 356 g/mol. The molecule has 0 aliphatic rings. The molecule has 1 amide bonds. The highest BCUT2D eigenvalue weighted by atomic mass is 16.5. The van der Waals surface area contributed by atoms with Crippen LogP contribution in [0.2, 0.25) is 0 Å². The first kappa shape index (κ1) is 19.2. The van der Waals surface area contributed by atoms with Gasteiger partial charge in [0, 0.05) is 17.3 Å². The van der Waals surface area contributed by atoms with E-state index in [1.165, 1.54) is 6.07 Å². The number of H-pyrrole nitrogens is 1. The predicted molar refractivity (Wildman–Crippen MR) is 108 cm³/mol. The normalized spacial score (nSPS) is 11.5. The highest BCUT2D eigenvalue weighted by molar-refractivity contribution is 5.94. The van der Waals surface area contributed by atoms with Gasteiger partial charge >= 0.3 is 0 Å². The summed E-state index contributed by atoms with van der Waals surface area (Å²) in [6, 6.07) is 17.7. The SMILES string of the molecule is COc1ccc([C@@H](C)NC(=O)c2ccc(-c3ccccc3)[nH]c2=O)c(OC)c1. The summed E-state index contributed by atoms with van der Waals surface area (Å²) in [5.41, 5.74) is 1.94. The van der Waals surface area contributed by atoms with Crippen molar-refractivity contribution in [3.05, 3.63) is 82.1 Å². The van der Waals surface area contributed by atoms with E-state index < -0.39 is 11.5 Å². The van der Waals surface area contributed by atoms with Crippen LogP contribution < -0.4 is 20.3 Å². The van der Waals surface area contributed by atoms with Crippen molar-refractivity contribution < 1.29 is 14.3 Å². The van der Waals surface area contributed by atoms with Gasteiger partial charge in [-0.05, 0) is 36.8 Å². The van der Waals surface area contributed by atoms with Crippen LogP contribution in [0.15, 0.2) is 65.5 Å². The lowest BCUT2D eigenvalue weighted by Crippen LogP contribution is -2.31. The third-order valence-corrected chi connectivity index (χ3v) is 4.49. The topological polar surface area (TPSA) is 80.4 Å². The number of aromatic amines is 1. The molecule has 0 bridgehead atoms. The third-order valence-electron chi connectivity index (χ3n) is 4.49. The van der Waals surface area contributed by atoms with Crippen LogP contribution in [0.4, 0.5) is 0 Å². The van der Waals surface area contributed by atoms with Crippen molar-refractivity contribution in [3.63, 3.8) is 0 Å². The Morgan fingerprint density at radius 3 is 2.39 bits per heavy atom. The van der Waals surface area contributed by atoms with Crippen molar-refractivity contribution >= 4 is 5.91 Å². The Hall–Kier alpha value is -3.54. The van der Waals surface area contributed by atoms with Gasteiger partial charge in [-0.15, -0.1) is 0 Å². The second-order valence-corrected chi connectivity index (χ2v) is 6.28. The average Bonchev–Trinajstić information content (AvgIpc) is 2.73. The van der Waals surface area contributed by atoms with E-state index in [9.17, 15) is 9.59 Å². The van der Waals surface area contributed by atoms with Crippen molar-refractivity contribution in [1.29, 1.82) is 0 Å². The Kier molecular flexibility index (Phi) is 5.79. The van der Waals surface area contributed by atoms with Gasteiger partial charge in [0.2, 0.25) is 0 Å². The zero-order chi connectivity index (χ0) is 20.1. The minimum atomic E-state index is -0.453. The Morgan fingerprint density at radius 2 is 1.75 bits per heavy atom. The average molecular weight is 378 g/mol. The molecule has 0 fully saturated rings. The summed E-state index contributed by atoms with van der Waals surface area (Å²) >= 11 is 0. The summed E-state index contributed by atoms with van der Waals surface area (Å²) in [5, 5.41) is 2.84. The van der Waals surface area contributed by atoms with Crippen molar-refractivity contribution in [1.82, 2.24) is 10.3 Å². The van der Waals surface area contributed by atoms with Crippen LogP contribution in [0.1, 0.15) is 28.9 Å². The Labute approximate surface area is 163 Å². The molecular formula is C22H22N2O4. The number of aromatic nitrogens is 1. The highest BCUT2D eigenvalue weighted by Gasteiger charge is 2.18. The van der Waals surface area contributed by atoms with E-state index in [1.807, 2.05) is 43.3 Å². The number of hydrogen-bond acceptors (Lipinski definition) is 4. The molecule has 2 aromatic carbocycles. The number of hydrogen-bond donors (Lipinski definition) is 2. The van der Waals surface area contributed by atoms with Gasteiger partial charge in [-0.2, -0.15) is 0 Å². The lowest BCUT2D eigenvalue weighted by atomic mass is 10.1.